The van der Waals surface area contributed by atoms with Crippen molar-refractivity contribution in [3.63, 3.8) is 0 Å². The topological polar surface area (TPSA) is 69.6 Å². The number of halogens is 2. The van der Waals surface area contributed by atoms with Crippen molar-refractivity contribution < 1.29 is 14.7 Å². The number of unbranched alkanes of at least 4 members (excludes halogenated alkanes) is 1. The summed E-state index contributed by atoms with van der Waals surface area (Å²) in [5.74, 6) is -0.803. The molecule has 146 valence electrons. The van der Waals surface area contributed by atoms with E-state index in [0.29, 0.717) is 24.7 Å². The van der Waals surface area contributed by atoms with E-state index in [0.717, 1.165) is 37.7 Å². The van der Waals surface area contributed by atoms with Crippen LogP contribution in [0.15, 0.2) is 24.3 Å². The van der Waals surface area contributed by atoms with Gasteiger partial charge in [-0.15, -0.1) is 12.4 Å². The molecular weight excluding hydrogens is 375 g/mol. The monoisotopic (exact) mass is 402 g/mol. The smallest absolute Gasteiger partial charge is 0.317 e. The fourth-order valence-corrected chi connectivity index (χ4v) is 3.51. The first-order chi connectivity index (χ1) is 12.0. The molecule has 2 rings (SSSR count). The summed E-state index contributed by atoms with van der Waals surface area (Å²) in [6.07, 6.45) is 4.21. The number of urea groups is 1. The van der Waals surface area contributed by atoms with Crippen LogP contribution in [0.1, 0.15) is 44.6 Å². The van der Waals surface area contributed by atoms with Crippen LogP contribution in [0.5, 0.6) is 0 Å². The first kappa shape index (κ1) is 22.6. The third-order valence-electron chi connectivity index (χ3n) is 4.94. The number of amides is 2. The minimum absolute atomic E-state index is 0. The second kappa shape index (κ2) is 11.3. The zero-order valence-corrected chi connectivity index (χ0v) is 16.7. The molecule has 0 radical (unpaired) electrons. The van der Waals surface area contributed by atoms with Crippen molar-refractivity contribution in [2.45, 2.75) is 45.6 Å². The molecule has 26 heavy (non-hydrogen) atoms. The van der Waals surface area contributed by atoms with E-state index in [-0.39, 0.29) is 30.3 Å². The molecule has 0 bridgehead atoms. The van der Waals surface area contributed by atoms with Gasteiger partial charge in [0.25, 0.3) is 0 Å². The van der Waals surface area contributed by atoms with Gasteiger partial charge in [0.15, 0.2) is 0 Å². The Morgan fingerprint density at radius 3 is 2.42 bits per heavy atom. The minimum Gasteiger partial charge on any atom is -0.481 e. The standard InChI is InChI=1S/C19H27ClN2O3.ClH/c1-2-3-4-17(18(23)24)15-9-11-22(12-10-15)19(25)21-13-14-5-7-16(20)8-6-14;/h5-8,15,17H,2-4,9-13H2,1H3,(H,21,25)(H,23,24);1H. The van der Waals surface area contributed by atoms with E-state index in [9.17, 15) is 14.7 Å². The van der Waals surface area contributed by atoms with E-state index in [1.807, 2.05) is 12.1 Å². The van der Waals surface area contributed by atoms with Crippen molar-refractivity contribution >= 4 is 36.0 Å². The number of benzene rings is 1. The molecule has 2 N–H and O–H groups in total. The van der Waals surface area contributed by atoms with Crippen molar-refractivity contribution in [3.05, 3.63) is 34.9 Å². The molecule has 1 fully saturated rings. The van der Waals surface area contributed by atoms with Gasteiger partial charge in [-0.1, -0.05) is 43.5 Å². The molecule has 0 aromatic heterocycles. The van der Waals surface area contributed by atoms with Crippen molar-refractivity contribution in [2.75, 3.05) is 13.1 Å². The lowest BCUT2D eigenvalue weighted by molar-refractivity contribution is -0.144. The molecule has 1 saturated heterocycles. The predicted molar refractivity (Wildman–Crippen MR) is 106 cm³/mol. The van der Waals surface area contributed by atoms with Gasteiger partial charge >= 0.3 is 12.0 Å². The lowest BCUT2D eigenvalue weighted by Crippen LogP contribution is -2.45. The molecule has 5 nitrogen and oxygen atoms in total. The van der Waals surface area contributed by atoms with Gasteiger partial charge in [-0.05, 0) is 42.9 Å². The number of piperidine rings is 1. The third-order valence-corrected chi connectivity index (χ3v) is 5.19. The Morgan fingerprint density at radius 1 is 1.27 bits per heavy atom. The van der Waals surface area contributed by atoms with Crippen LogP contribution in [-0.4, -0.2) is 35.1 Å². The Bertz CT molecular complexity index is 573. The Hall–Kier alpha value is -1.46. The SMILES string of the molecule is CCCCC(C(=O)O)C1CCN(C(=O)NCc2ccc(Cl)cc2)CC1.Cl. The fourth-order valence-electron chi connectivity index (χ4n) is 3.38. The highest BCUT2D eigenvalue weighted by Crippen LogP contribution is 2.29. The lowest BCUT2D eigenvalue weighted by atomic mass is 9.81. The zero-order valence-electron chi connectivity index (χ0n) is 15.1. The number of aliphatic carboxylic acids is 1. The maximum Gasteiger partial charge on any atom is 0.317 e. The van der Waals surface area contributed by atoms with Crippen LogP contribution in [-0.2, 0) is 11.3 Å². The number of hydrogen-bond acceptors (Lipinski definition) is 2. The number of carboxylic acid groups (broad SMARTS) is 1. The summed E-state index contributed by atoms with van der Waals surface area (Å²) in [7, 11) is 0. The Balaban J connectivity index is 0.00000338. The van der Waals surface area contributed by atoms with Crippen molar-refractivity contribution in [1.29, 1.82) is 0 Å². The van der Waals surface area contributed by atoms with Crippen LogP contribution in [0.4, 0.5) is 4.79 Å². The molecule has 1 heterocycles. The van der Waals surface area contributed by atoms with E-state index in [4.69, 9.17) is 11.6 Å². The van der Waals surface area contributed by atoms with E-state index in [1.165, 1.54) is 0 Å². The van der Waals surface area contributed by atoms with Crippen molar-refractivity contribution in [1.82, 2.24) is 10.2 Å². The van der Waals surface area contributed by atoms with Crippen LogP contribution in [0.2, 0.25) is 5.02 Å². The second-order valence-electron chi connectivity index (χ2n) is 6.70. The van der Waals surface area contributed by atoms with Gasteiger partial charge in [-0.2, -0.15) is 0 Å². The fraction of sp³-hybridized carbons (Fsp3) is 0.579. The Labute approximate surface area is 166 Å². The number of likely N-dealkylation sites (tertiary alicyclic amines) is 1. The molecular formula is C19H28Cl2N2O3. The molecule has 1 aromatic carbocycles. The molecule has 2 amide bonds. The van der Waals surface area contributed by atoms with Crippen LogP contribution in [0.3, 0.4) is 0 Å². The number of nitrogens with one attached hydrogen (secondary N) is 1. The number of hydrogen-bond donors (Lipinski definition) is 2. The zero-order chi connectivity index (χ0) is 18.2. The van der Waals surface area contributed by atoms with Gasteiger partial charge in [0.2, 0.25) is 0 Å². The molecule has 1 aliphatic rings. The van der Waals surface area contributed by atoms with Crippen LogP contribution in [0, 0.1) is 11.8 Å². The van der Waals surface area contributed by atoms with Gasteiger partial charge in [0.1, 0.15) is 0 Å². The van der Waals surface area contributed by atoms with Gasteiger partial charge in [-0.25, -0.2) is 4.79 Å². The lowest BCUT2D eigenvalue weighted by Gasteiger charge is -2.34. The van der Waals surface area contributed by atoms with E-state index in [2.05, 4.69) is 12.2 Å². The maximum atomic E-state index is 12.3. The summed E-state index contributed by atoms with van der Waals surface area (Å²) >= 11 is 5.85. The van der Waals surface area contributed by atoms with Crippen LogP contribution < -0.4 is 5.32 Å². The molecule has 0 saturated carbocycles. The largest absolute Gasteiger partial charge is 0.481 e. The highest BCUT2D eigenvalue weighted by Gasteiger charge is 2.32. The van der Waals surface area contributed by atoms with E-state index >= 15 is 0 Å². The molecule has 1 atom stereocenters. The predicted octanol–water partition coefficient (Wildman–Crippen LogP) is 4.57. The maximum absolute atomic E-state index is 12.3. The second-order valence-corrected chi connectivity index (χ2v) is 7.13. The number of rotatable bonds is 7. The number of carbonyl (C=O) groups is 2. The molecule has 1 unspecified atom stereocenters. The molecule has 1 aliphatic heterocycles. The summed E-state index contributed by atoms with van der Waals surface area (Å²) in [4.78, 5) is 25.6. The van der Waals surface area contributed by atoms with Crippen molar-refractivity contribution in [3.8, 4) is 0 Å². The van der Waals surface area contributed by atoms with Gasteiger partial charge in [-0.3, -0.25) is 4.79 Å². The number of nitrogens with zero attached hydrogens (tertiary/aromatic N) is 1. The van der Waals surface area contributed by atoms with E-state index < -0.39 is 5.97 Å². The quantitative estimate of drug-likeness (QED) is 0.701. The number of carboxylic acids is 1. The highest BCUT2D eigenvalue weighted by atomic mass is 35.5. The van der Waals surface area contributed by atoms with Crippen LogP contribution in [0.25, 0.3) is 0 Å². The summed E-state index contributed by atoms with van der Waals surface area (Å²) < 4.78 is 0. The minimum atomic E-state index is -0.695. The molecule has 0 spiro atoms. The first-order valence-electron chi connectivity index (χ1n) is 9.01. The average molecular weight is 403 g/mol. The van der Waals surface area contributed by atoms with Crippen molar-refractivity contribution in [2.24, 2.45) is 11.8 Å². The molecule has 0 aliphatic carbocycles. The molecule has 7 heteroatoms. The van der Waals surface area contributed by atoms with Gasteiger partial charge in [0.05, 0.1) is 5.92 Å². The average Bonchev–Trinajstić information content (AvgIpc) is 2.61. The Morgan fingerprint density at radius 2 is 1.88 bits per heavy atom. The first-order valence-corrected chi connectivity index (χ1v) is 9.39. The van der Waals surface area contributed by atoms with Crippen LogP contribution >= 0.6 is 24.0 Å². The normalized spacial score (nSPS) is 15.8. The number of carbonyl (C=O) groups excluding carboxylic acids is 1. The summed E-state index contributed by atoms with van der Waals surface area (Å²) in [6, 6.07) is 7.29. The van der Waals surface area contributed by atoms with Gasteiger partial charge in [0, 0.05) is 24.7 Å². The highest BCUT2D eigenvalue weighted by molar-refractivity contribution is 6.30. The van der Waals surface area contributed by atoms with Gasteiger partial charge < -0.3 is 15.3 Å². The summed E-state index contributed by atoms with van der Waals surface area (Å²) in [5, 5.41) is 13.0. The van der Waals surface area contributed by atoms with E-state index in [1.54, 1.807) is 17.0 Å². The summed E-state index contributed by atoms with van der Waals surface area (Å²) in [6.45, 7) is 3.77. The third kappa shape index (κ3) is 6.69. The Kier molecular flexibility index (Phi) is 9.81. The summed E-state index contributed by atoms with van der Waals surface area (Å²) in [5.41, 5.74) is 0.998. The molecule has 1 aromatic rings.